The maximum Gasteiger partial charge on any atom is 0.421 e. The van der Waals surface area contributed by atoms with Gasteiger partial charge in [0.1, 0.15) is 22.4 Å². The van der Waals surface area contributed by atoms with Crippen molar-refractivity contribution in [3.63, 3.8) is 0 Å². The Hall–Kier alpha value is -3.48. The molecule has 0 spiro atoms. The van der Waals surface area contributed by atoms with Crippen molar-refractivity contribution in [1.82, 2.24) is 19.7 Å². The van der Waals surface area contributed by atoms with E-state index in [4.69, 9.17) is 4.74 Å². The van der Waals surface area contributed by atoms with Gasteiger partial charge in [0.2, 0.25) is 16.0 Å². The molecule has 0 saturated heterocycles. The Morgan fingerprint density at radius 1 is 1.11 bits per heavy atom. The minimum absolute atomic E-state index is 0.0784. The van der Waals surface area contributed by atoms with E-state index in [2.05, 4.69) is 42.1 Å². The fraction of sp³-hybridized carbons (Fsp3) is 0.455. The first-order chi connectivity index (χ1) is 16.9. The average Bonchev–Trinajstić information content (AvgIpc) is 2.76. The van der Waals surface area contributed by atoms with Crippen LogP contribution >= 0.6 is 0 Å². The van der Waals surface area contributed by atoms with Gasteiger partial charge in [-0.25, -0.2) is 32.9 Å². The summed E-state index contributed by atoms with van der Waals surface area (Å²) in [6.07, 6.45) is -3.03. The molecule has 1 amide bonds. The van der Waals surface area contributed by atoms with E-state index in [1.54, 1.807) is 20.8 Å². The highest BCUT2D eigenvalue weighted by Gasteiger charge is 2.51. The average molecular weight is 545 g/mol. The van der Waals surface area contributed by atoms with Crippen LogP contribution in [0, 0.1) is 11.8 Å². The van der Waals surface area contributed by atoms with Gasteiger partial charge in [-0.1, -0.05) is 5.92 Å². The molecule has 2 rings (SSSR count). The number of nitrogens with one attached hydrogen (secondary N) is 3. The van der Waals surface area contributed by atoms with Gasteiger partial charge in [-0.05, 0) is 46.8 Å². The highest BCUT2D eigenvalue weighted by atomic mass is 32.2. The highest BCUT2D eigenvalue weighted by molar-refractivity contribution is 7.89. The van der Waals surface area contributed by atoms with E-state index in [1.165, 1.54) is 19.1 Å². The van der Waals surface area contributed by atoms with E-state index in [1.807, 2.05) is 0 Å². The van der Waals surface area contributed by atoms with Crippen molar-refractivity contribution < 1.29 is 36.2 Å². The third kappa shape index (κ3) is 8.55. The van der Waals surface area contributed by atoms with Gasteiger partial charge in [0.25, 0.3) is 0 Å². The number of carbonyl (C=O) groups is 1. The third-order valence-corrected chi connectivity index (χ3v) is 5.95. The lowest BCUT2D eigenvalue weighted by molar-refractivity contribution is -0.259. The molecule has 4 N–H and O–H groups in total. The zero-order chi connectivity index (χ0) is 28.1. The normalized spacial score (nSPS) is 14.5. The zero-order valence-corrected chi connectivity index (χ0v) is 21.5. The van der Waals surface area contributed by atoms with E-state index in [0.29, 0.717) is 6.92 Å². The standard InChI is InChI=1S/C22H27F3N6O5S/c1-6-7-15(30-18-27-10-14(11-28-18)21(5,33)22(23,24)25)12-29-37(34,35)16-8-9-17(26-13-16)31-19(32)36-20(2,3)4/h8-11,13,15,29,33H,12H2,1-5H3,(H,26,31,32)(H,27,28,30)/t15-,21?/m0/s1. The summed E-state index contributed by atoms with van der Waals surface area (Å²) in [5.74, 6) is 5.25. The predicted octanol–water partition coefficient (Wildman–Crippen LogP) is 2.77. The predicted molar refractivity (Wildman–Crippen MR) is 128 cm³/mol. The van der Waals surface area contributed by atoms with E-state index in [-0.39, 0.29) is 23.2 Å². The summed E-state index contributed by atoms with van der Waals surface area (Å²) in [6.45, 7) is 6.89. The molecule has 37 heavy (non-hydrogen) atoms. The minimum Gasteiger partial charge on any atom is -0.444 e. The number of nitrogens with zero attached hydrogens (tertiary/aromatic N) is 3. The van der Waals surface area contributed by atoms with Gasteiger partial charge in [-0.3, -0.25) is 5.32 Å². The molecule has 0 aliphatic rings. The van der Waals surface area contributed by atoms with Crippen molar-refractivity contribution in [1.29, 1.82) is 0 Å². The SMILES string of the molecule is CC#C[C@@H](CNS(=O)(=O)c1ccc(NC(=O)OC(C)(C)C)nc1)Nc1ncc(C(C)(O)C(F)(F)F)cn1. The number of anilines is 2. The van der Waals surface area contributed by atoms with Gasteiger partial charge >= 0.3 is 12.3 Å². The second-order valence-electron chi connectivity index (χ2n) is 8.81. The second-order valence-corrected chi connectivity index (χ2v) is 10.6. The summed E-state index contributed by atoms with van der Waals surface area (Å²) in [4.78, 5) is 23.0. The van der Waals surface area contributed by atoms with E-state index in [9.17, 15) is 31.5 Å². The lowest BCUT2D eigenvalue weighted by Gasteiger charge is -2.26. The van der Waals surface area contributed by atoms with Crippen LogP contribution in [0.5, 0.6) is 0 Å². The summed E-state index contributed by atoms with van der Waals surface area (Å²) in [6, 6.07) is 1.66. The van der Waals surface area contributed by atoms with Crippen LogP contribution in [0.15, 0.2) is 35.6 Å². The second kappa shape index (κ2) is 11.3. The van der Waals surface area contributed by atoms with Gasteiger partial charge in [-0.2, -0.15) is 13.2 Å². The molecule has 0 fully saturated rings. The van der Waals surface area contributed by atoms with Gasteiger partial charge in [0.05, 0.1) is 0 Å². The molecule has 1 unspecified atom stereocenters. The van der Waals surface area contributed by atoms with Crippen molar-refractivity contribution in [2.24, 2.45) is 0 Å². The minimum atomic E-state index is -4.93. The molecule has 2 atom stereocenters. The topological polar surface area (TPSA) is 155 Å². The monoisotopic (exact) mass is 544 g/mol. The first-order valence-corrected chi connectivity index (χ1v) is 12.2. The van der Waals surface area contributed by atoms with Crippen molar-refractivity contribution in [3.05, 3.63) is 36.3 Å². The van der Waals surface area contributed by atoms with Crippen molar-refractivity contribution >= 4 is 27.9 Å². The number of aliphatic hydroxyl groups is 1. The lowest BCUT2D eigenvalue weighted by atomic mass is 9.99. The molecule has 15 heteroatoms. The van der Waals surface area contributed by atoms with Gasteiger partial charge in [0.15, 0.2) is 5.60 Å². The van der Waals surface area contributed by atoms with E-state index >= 15 is 0 Å². The Bertz CT molecular complexity index is 1250. The number of aromatic nitrogens is 3. The Labute approximate surface area is 212 Å². The quantitative estimate of drug-likeness (QED) is 0.367. The molecule has 202 valence electrons. The number of ether oxygens (including phenoxy) is 1. The van der Waals surface area contributed by atoms with Crippen LogP contribution in [0.25, 0.3) is 0 Å². The largest absolute Gasteiger partial charge is 0.444 e. The summed E-state index contributed by atoms with van der Waals surface area (Å²) in [7, 11) is -4.05. The molecular formula is C22H27F3N6O5S. The van der Waals surface area contributed by atoms with Crippen LogP contribution in [0.2, 0.25) is 0 Å². The molecule has 2 aromatic heterocycles. The smallest absolute Gasteiger partial charge is 0.421 e. The molecule has 0 aliphatic carbocycles. The summed E-state index contributed by atoms with van der Waals surface area (Å²) < 4.78 is 71.7. The van der Waals surface area contributed by atoms with Crippen molar-refractivity contribution in [2.75, 3.05) is 17.2 Å². The molecule has 0 radical (unpaired) electrons. The number of rotatable bonds is 8. The first-order valence-electron chi connectivity index (χ1n) is 10.7. The third-order valence-electron chi connectivity index (χ3n) is 4.54. The maximum absolute atomic E-state index is 13.0. The van der Waals surface area contributed by atoms with E-state index < -0.39 is 45.1 Å². The van der Waals surface area contributed by atoms with Crippen LogP contribution in [0.4, 0.5) is 29.7 Å². The number of halogens is 3. The number of amides is 1. The fourth-order valence-corrected chi connectivity index (χ4v) is 3.58. The number of carbonyl (C=O) groups excluding carboxylic acids is 1. The number of sulfonamides is 1. The molecule has 2 aromatic rings. The maximum atomic E-state index is 13.0. The Kier molecular flexibility index (Phi) is 9.07. The Morgan fingerprint density at radius 3 is 2.22 bits per heavy atom. The number of hydrogen-bond acceptors (Lipinski definition) is 9. The number of pyridine rings is 1. The Morgan fingerprint density at radius 2 is 1.73 bits per heavy atom. The first kappa shape index (κ1) is 29.7. The van der Waals surface area contributed by atoms with Crippen molar-refractivity contribution in [3.8, 4) is 11.8 Å². The number of hydrogen-bond donors (Lipinski definition) is 4. The van der Waals surface area contributed by atoms with Crippen LogP contribution in [-0.4, -0.2) is 58.9 Å². The molecule has 11 nitrogen and oxygen atoms in total. The zero-order valence-electron chi connectivity index (χ0n) is 20.6. The molecule has 0 saturated carbocycles. The fourth-order valence-electron chi connectivity index (χ4n) is 2.58. The molecule has 2 heterocycles. The van der Waals surface area contributed by atoms with Gasteiger partial charge < -0.3 is 15.2 Å². The van der Waals surface area contributed by atoms with Crippen LogP contribution in [0.3, 0.4) is 0 Å². The highest BCUT2D eigenvalue weighted by Crippen LogP contribution is 2.37. The molecule has 0 aromatic carbocycles. The van der Waals surface area contributed by atoms with Crippen LogP contribution < -0.4 is 15.4 Å². The summed E-state index contributed by atoms with van der Waals surface area (Å²) in [5, 5.41) is 14.8. The van der Waals surface area contributed by atoms with Gasteiger partial charge in [-0.15, -0.1) is 5.92 Å². The Balaban J connectivity index is 2.05. The van der Waals surface area contributed by atoms with Gasteiger partial charge in [0, 0.05) is 30.7 Å². The summed E-state index contributed by atoms with van der Waals surface area (Å²) >= 11 is 0. The van der Waals surface area contributed by atoms with Crippen LogP contribution in [0.1, 0.15) is 40.2 Å². The molecule has 0 bridgehead atoms. The van der Waals surface area contributed by atoms with Crippen LogP contribution in [-0.2, 0) is 20.4 Å². The summed E-state index contributed by atoms with van der Waals surface area (Å²) in [5.41, 5.74) is -4.43. The number of alkyl halides is 3. The lowest BCUT2D eigenvalue weighted by Crippen LogP contribution is -2.39. The van der Waals surface area contributed by atoms with E-state index in [0.717, 1.165) is 18.6 Å². The molecule has 0 aliphatic heterocycles. The molecular weight excluding hydrogens is 517 g/mol. The van der Waals surface area contributed by atoms with Crippen molar-refractivity contribution in [2.45, 2.75) is 62.9 Å².